The number of fused-ring (bicyclic) bond motifs is 2. The van der Waals surface area contributed by atoms with E-state index in [1.165, 1.54) is 21.9 Å². The molecule has 0 bridgehead atoms. The van der Waals surface area contributed by atoms with Crippen LogP contribution in [0.5, 0.6) is 0 Å². The summed E-state index contributed by atoms with van der Waals surface area (Å²) in [4.78, 5) is 42.1. The first-order valence-corrected chi connectivity index (χ1v) is 11.2. The lowest BCUT2D eigenvalue weighted by atomic mass is 10.0. The van der Waals surface area contributed by atoms with E-state index in [4.69, 9.17) is 4.74 Å². The van der Waals surface area contributed by atoms with Gasteiger partial charge in [0.25, 0.3) is 11.5 Å². The maximum absolute atomic E-state index is 12.8. The Morgan fingerprint density at radius 2 is 1.79 bits per heavy atom. The van der Waals surface area contributed by atoms with E-state index in [0.29, 0.717) is 32.5 Å². The first-order chi connectivity index (χ1) is 16.5. The van der Waals surface area contributed by atoms with Gasteiger partial charge in [-0.05, 0) is 48.0 Å². The summed E-state index contributed by atoms with van der Waals surface area (Å²) in [7, 11) is 0. The number of rotatable bonds is 5. The lowest BCUT2D eigenvalue weighted by molar-refractivity contribution is 0.0467. The lowest BCUT2D eigenvalue weighted by Crippen LogP contribution is -2.16. The van der Waals surface area contributed by atoms with Crippen LogP contribution in [0.15, 0.2) is 77.6 Å². The van der Waals surface area contributed by atoms with Gasteiger partial charge < -0.3 is 10.1 Å². The number of nitrogens with one attached hydrogen (secondary N) is 1. The molecule has 34 heavy (non-hydrogen) atoms. The van der Waals surface area contributed by atoms with Crippen molar-refractivity contribution in [2.45, 2.75) is 13.5 Å². The van der Waals surface area contributed by atoms with Crippen LogP contribution in [0.25, 0.3) is 15.7 Å². The largest absolute Gasteiger partial charge is 0.456 e. The number of amides is 1. The highest BCUT2D eigenvalue weighted by Crippen LogP contribution is 2.20. The van der Waals surface area contributed by atoms with Crippen LogP contribution in [0.2, 0.25) is 0 Å². The molecular formula is C25H18N4O4S. The van der Waals surface area contributed by atoms with Crippen molar-refractivity contribution in [2.24, 2.45) is 0 Å². The Bertz CT molecular complexity index is 1600. The molecule has 0 aliphatic rings. The highest BCUT2D eigenvalue weighted by molar-refractivity contribution is 7.16. The number of carbonyl (C=O) groups is 2. The number of esters is 1. The van der Waals surface area contributed by atoms with Crippen molar-refractivity contribution in [2.75, 3.05) is 5.32 Å². The SMILES string of the molecule is Cc1nn2c(=O)cc(COC(=O)c3ccc(NC(=O)c4cccc5ccccc45)cc3)nc2s1. The molecule has 5 rings (SSSR count). The lowest BCUT2D eigenvalue weighted by Gasteiger charge is -2.09. The fourth-order valence-corrected chi connectivity index (χ4v) is 4.33. The Hall–Kier alpha value is -4.37. The third-order valence-corrected chi connectivity index (χ3v) is 5.99. The molecule has 0 fully saturated rings. The average molecular weight is 471 g/mol. The van der Waals surface area contributed by atoms with Gasteiger partial charge >= 0.3 is 5.97 Å². The number of anilines is 1. The summed E-state index contributed by atoms with van der Waals surface area (Å²) in [5.41, 5.74) is 1.45. The Kier molecular flexibility index (Phi) is 5.60. The maximum atomic E-state index is 12.8. The van der Waals surface area contributed by atoms with Crippen LogP contribution in [0, 0.1) is 6.92 Å². The zero-order chi connectivity index (χ0) is 23.7. The number of nitrogens with zero attached hydrogens (tertiary/aromatic N) is 3. The smallest absolute Gasteiger partial charge is 0.338 e. The van der Waals surface area contributed by atoms with Crippen LogP contribution in [0.3, 0.4) is 0 Å². The predicted octanol–water partition coefficient (Wildman–Crippen LogP) is 4.22. The van der Waals surface area contributed by atoms with Gasteiger partial charge in [0, 0.05) is 17.3 Å². The molecule has 0 saturated carbocycles. The van der Waals surface area contributed by atoms with Gasteiger partial charge in [-0.15, -0.1) is 0 Å². The first-order valence-electron chi connectivity index (χ1n) is 10.4. The molecule has 3 aromatic carbocycles. The van der Waals surface area contributed by atoms with E-state index < -0.39 is 5.97 Å². The highest BCUT2D eigenvalue weighted by Gasteiger charge is 2.13. The van der Waals surface area contributed by atoms with Gasteiger partial charge in [0.1, 0.15) is 11.6 Å². The number of carbonyl (C=O) groups excluding carboxylic acids is 2. The zero-order valence-electron chi connectivity index (χ0n) is 18.0. The Balaban J connectivity index is 1.25. The number of benzene rings is 3. The summed E-state index contributed by atoms with van der Waals surface area (Å²) in [6, 6.07) is 20.9. The average Bonchev–Trinajstić information content (AvgIpc) is 3.23. The Morgan fingerprint density at radius 1 is 1.03 bits per heavy atom. The standard InChI is InChI=1S/C25H18N4O4S/c1-15-28-29-22(30)13-19(27-25(29)34-15)14-33-24(32)17-9-11-18(12-10-17)26-23(31)21-8-4-6-16-5-2-3-7-20(16)21/h2-13H,14H2,1H3,(H,26,31). The molecule has 2 heterocycles. The van der Waals surface area contributed by atoms with Crippen LogP contribution in [-0.4, -0.2) is 26.5 Å². The molecule has 0 aliphatic heterocycles. The van der Waals surface area contributed by atoms with Gasteiger partial charge in [-0.1, -0.05) is 47.7 Å². The molecule has 1 amide bonds. The topological polar surface area (TPSA) is 103 Å². The molecule has 0 saturated heterocycles. The summed E-state index contributed by atoms with van der Waals surface area (Å²) in [5.74, 6) is -0.799. The van der Waals surface area contributed by atoms with Crippen LogP contribution in [0.1, 0.15) is 31.4 Å². The second kappa shape index (κ2) is 8.87. The molecule has 0 radical (unpaired) electrons. The molecule has 0 spiro atoms. The summed E-state index contributed by atoms with van der Waals surface area (Å²) in [6.07, 6.45) is 0. The number of hydrogen-bond acceptors (Lipinski definition) is 7. The minimum absolute atomic E-state index is 0.138. The maximum Gasteiger partial charge on any atom is 0.338 e. The predicted molar refractivity (Wildman–Crippen MR) is 129 cm³/mol. The van der Waals surface area contributed by atoms with E-state index >= 15 is 0 Å². The zero-order valence-corrected chi connectivity index (χ0v) is 18.8. The number of hydrogen-bond donors (Lipinski definition) is 1. The monoisotopic (exact) mass is 470 g/mol. The summed E-state index contributed by atoms with van der Waals surface area (Å²) < 4.78 is 6.53. The number of aromatic nitrogens is 3. The molecule has 0 aliphatic carbocycles. The number of aryl methyl sites for hydroxylation is 1. The highest BCUT2D eigenvalue weighted by atomic mass is 32.1. The van der Waals surface area contributed by atoms with E-state index in [1.54, 1.807) is 37.3 Å². The van der Waals surface area contributed by atoms with Crippen molar-refractivity contribution < 1.29 is 14.3 Å². The van der Waals surface area contributed by atoms with Crippen LogP contribution in [-0.2, 0) is 11.3 Å². The Morgan fingerprint density at radius 3 is 2.62 bits per heavy atom. The van der Waals surface area contributed by atoms with E-state index in [-0.39, 0.29) is 18.1 Å². The van der Waals surface area contributed by atoms with Crippen molar-refractivity contribution in [1.29, 1.82) is 0 Å². The molecule has 2 aromatic heterocycles. The van der Waals surface area contributed by atoms with E-state index in [1.807, 2.05) is 36.4 Å². The van der Waals surface area contributed by atoms with Crippen molar-refractivity contribution in [3.05, 3.63) is 105 Å². The van der Waals surface area contributed by atoms with E-state index in [0.717, 1.165) is 10.8 Å². The van der Waals surface area contributed by atoms with Crippen LogP contribution < -0.4 is 10.9 Å². The number of ether oxygens (including phenoxy) is 1. The molecule has 5 aromatic rings. The molecule has 168 valence electrons. The summed E-state index contributed by atoms with van der Waals surface area (Å²) in [5, 5.41) is 9.50. The second-order valence-electron chi connectivity index (χ2n) is 7.54. The van der Waals surface area contributed by atoms with Crippen LogP contribution >= 0.6 is 11.3 Å². The molecular weight excluding hydrogens is 452 g/mol. The molecule has 0 unspecified atom stereocenters. The van der Waals surface area contributed by atoms with Crippen molar-refractivity contribution in [1.82, 2.24) is 14.6 Å². The van der Waals surface area contributed by atoms with Crippen molar-refractivity contribution >= 4 is 44.6 Å². The van der Waals surface area contributed by atoms with Gasteiger partial charge in [0.2, 0.25) is 4.96 Å². The normalized spacial score (nSPS) is 11.0. The fraction of sp³-hybridized carbons (Fsp3) is 0.0800. The molecule has 9 heteroatoms. The van der Waals surface area contributed by atoms with Crippen molar-refractivity contribution in [3.8, 4) is 0 Å². The van der Waals surface area contributed by atoms with Gasteiger partial charge in [0.15, 0.2) is 0 Å². The minimum atomic E-state index is -0.561. The first kappa shape index (κ1) is 21.5. The molecule has 8 nitrogen and oxygen atoms in total. The second-order valence-corrected chi connectivity index (χ2v) is 8.70. The summed E-state index contributed by atoms with van der Waals surface area (Å²) in [6.45, 7) is 1.65. The summed E-state index contributed by atoms with van der Waals surface area (Å²) >= 11 is 1.28. The van der Waals surface area contributed by atoms with Crippen molar-refractivity contribution in [3.63, 3.8) is 0 Å². The molecule has 0 atom stereocenters. The Labute approximate surface area is 197 Å². The molecule has 1 N–H and O–H groups in total. The third kappa shape index (κ3) is 4.28. The fourth-order valence-electron chi connectivity index (χ4n) is 3.56. The van der Waals surface area contributed by atoms with Crippen LogP contribution in [0.4, 0.5) is 5.69 Å². The van der Waals surface area contributed by atoms with Gasteiger partial charge in [-0.3, -0.25) is 9.59 Å². The van der Waals surface area contributed by atoms with Gasteiger partial charge in [0.05, 0.1) is 11.3 Å². The van der Waals surface area contributed by atoms with Gasteiger partial charge in [-0.2, -0.15) is 9.61 Å². The quantitative estimate of drug-likeness (QED) is 0.386. The van der Waals surface area contributed by atoms with E-state index in [9.17, 15) is 14.4 Å². The van der Waals surface area contributed by atoms with Gasteiger partial charge in [-0.25, -0.2) is 9.78 Å². The third-order valence-electron chi connectivity index (χ3n) is 5.16. The minimum Gasteiger partial charge on any atom is -0.456 e. The van der Waals surface area contributed by atoms with E-state index in [2.05, 4.69) is 15.4 Å².